The minimum atomic E-state index is -0.752. The van der Waals surface area contributed by atoms with Gasteiger partial charge < -0.3 is 24.2 Å². The number of amides is 1. The van der Waals surface area contributed by atoms with E-state index >= 15 is 0 Å². The van der Waals surface area contributed by atoms with E-state index in [1.54, 1.807) is 18.7 Å². The molecule has 0 spiro atoms. The normalized spacial score (nSPS) is 26.0. The highest BCUT2D eigenvalue weighted by Gasteiger charge is 2.49. The molecule has 0 saturated carbocycles. The van der Waals surface area contributed by atoms with Gasteiger partial charge in [-0.15, -0.1) is 0 Å². The molecule has 2 heterocycles. The summed E-state index contributed by atoms with van der Waals surface area (Å²) in [5, 5.41) is 10.3. The van der Waals surface area contributed by atoms with Gasteiger partial charge in [0.15, 0.2) is 5.79 Å². The largest absolute Gasteiger partial charge is 0.461 e. The number of unbranched alkanes of at least 4 members (excludes halogenated alkanes) is 1. The zero-order valence-electron chi connectivity index (χ0n) is 16.5. The van der Waals surface area contributed by atoms with Crippen LogP contribution in [0.1, 0.15) is 45.1 Å². The van der Waals surface area contributed by atoms with Crippen LogP contribution in [0, 0.1) is 0 Å². The topological polar surface area (TPSA) is 85.3 Å². The summed E-state index contributed by atoms with van der Waals surface area (Å²) in [6.07, 6.45) is 0.363. The summed E-state index contributed by atoms with van der Waals surface area (Å²) in [4.78, 5) is 25.9. The number of aliphatic hydroxyl groups excluding tert-OH is 1. The SMILES string of the molecule is CC1(C)O[C@@H]2[C@H](O)CN(C(=O)CCCCC(=O)OCc3ccccc3)C[C@@H]2O1. The summed E-state index contributed by atoms with van der Waals surface area (Å²) < 4.78 is 16.7. The molecule has 2 fully saturated rings. The molecule has 1 aromatic carbocycles. The van der Waals surface area contributed by atoms with Gasteiger partial charge in [0.05, 0.1) is 0 Å². The van der Waals surface area contributed by atoms with Crippen LogP contribution in [0.15, 0.2) is 30.3 Å². The van der Waals surface area contributed by atoms with Gasteiger partial charge in [-0.05, 0) is 32.3 Å². The van der Waals surface area contributed by atoms with Crippen molar-refractivity contribution < 1.29 is 28.9 Å². The van der Waals surface area contributed by atoms with Crippen molar-refractivity contribution in [3.8, 4) is 0 Å². The van der Waals surface area contributed by atoms with Crippen molar-refractivity contribution in [1.29, 1.82) is 0 Å². The van der Waals surface area contributed by atoms with Crippen LogP contribution in [0.5, 0.6) is 0 Å². The van der Waals surface area contributed by atoms with Crippen molar-refractivity contribution in [3.63, 3.8) is 0 Å². The summed E-state index contributed by atoms with van der Waals surface area (Å²) in [5.41, 5.74) is 0.953. The molecule has 2 aliphatic rings. The Hall–Kier alpha value is -1.96. The molecular formula is C21H29NO6. The number of hydrogen-bond donors (Lipinski definition) is 1. The summed E-state index contributed by atoms with van der Waals surface area (Å²) in [5.74, 6) is -1.04. The van der Waals surface area contributed by atoms with E-state index in [1.807, 2.05) is 30.3 Å². The standard InChI is InChI=1S/C21H29NO6/c1-21(2)27-17-13-22(12-16(23)20(17)28-21)18(24)10-6-7-11-19(25)26-14-15-8-4-3-5-9-15/h3-5,8-9,16-17,20,23H,6-7,10-14H2,1-2H3/t16-,17+,20-/m1/s1. The van der Waals surface area contributed by atoms with Gasteiger partial charge in [-0.3, -0.25) is 9.59 Å². The predicted octanol–water partition coefficient (Wildman–Crippen LogP) is 2.01. The summed E-state index contributed by atoms with van der Waals surface area (Å²) in [6, 6.07) is 9.53. The Bertz CT molecular complexity index is 677. The molecule has 0 radical (unpaired) electrons. The third-order valence-corrected chi connectivity index (χ3v) is 5.03. The number of likely N-dealkylation sites (tertiary alicyclic amines) is 1. The molecule has 2 aliphatic heterocycles. The number of β-amino-alcohol motifs (C(OH)–C–C–N with tert-alkyl or cyclic N) is 1. The smallest absolute Gasteiger partial charge is 0.306 e. The monoisotopic (exact) mass is 391 g/mol. The van der Waals surface area contributed by atoms with Crippen LogP contribution in [0.3, 0.4) is 0 Å². The molecule has 0 aromatic heterocycles. The average Bonchev–Trinajstić information content (AvgIpc) is 2.99. The quantitative estimate of drug-likeness (QED) is 0.565. The van der Waals surface area contributed by atoms with Gasteiger partial charge in [0.2, 0.25) is 5.91 Å². The number of ether oxygens (including phenoxy) is 3. The molecule has 0 bridgehead atoms. The lowest BCUT2D eigenvalue weighted by molar-refractivity contribution is -0.152. The Morgan fingerprint density at radius 1 is 1.14 bits per heavy atom. The first kappa shape index (κ1) is 20.8. The zero-order valence-corrected chi connectivity index (χ0v) is 16.5. The molecular weight excluding hydrogens is 362 g/mol. The second-order valence-corrected chi connectivity index (χ2v) is 7.86. The fraction of sp³-hybridized carbons (Fsp3) is 0.619. The first-order valence-electron chi connectivity index (χ1n) is 9.85. The number of carbonyl (C=O) groups is 2. The Labute approximate surface area is 165 Å². The van der Waals surface area contributed by atoms with E-state index in [2.05, 4.69) is 0 Å². The second kappa shape index (κ2) is 9.03. The molecule has 3 rings (SSSR count). The second-order valence-electron chi connectivity index (χ2n) is 7.86. The summed E-state index contributed by atoms with van der Waals surface area (Å²) >= 11 is 0. The number of hydrogen-bond acceptors (Lipinski definition) is 6. The molecule has 2 saturated heterocycles. The van der Waals surface area contributed by atoms with E-state index in [-0.39, 0.29) is 31.1 Å². The zero-order chi connectivity index (χ0) is 20.1. The van der Waals surface area contributed by atoms with Crippen molar-refractivity contribution in [2.75, 3.05) is 13.1 Å². The van der Waals surface area contributed by atoms with Crippen LogP contribution >= 0.6 is 0 Å². The molecule has 1 amide bonds. The summed E-state index contributed by atoms with van der Waals surface area (Å²) in [6.45, 7) is 4.55. The molecule has 1 aromatic rings. The summed E-state index contributed by atoms with van der Waals surface area (Å²) in [7, 11) is 0. The average molecular weight is 391 g/mol. The lowest BCUT2D eigenvalue weighted by atomic mass is 10.0. The highest BCUT2D eigenvalue weighted by molar-refractivity contribution is 5.76. The van der Waals surface area contributed by atoms with Crippen LogP contribution in [-0.2, 0) is 30.4 Å². The van der Waals surface area contributed by atoms with Crippen LogP contribution < -0.4 is 0 Å². The maximum Gasteiger partial charge on any atom is 0.306 e. The molecule has 0 aliphatic carbocycles. The molecule has 7 nitrogen and oxygen atoms in total. The van der Waals surface area contributed by atoms with Gasteiger partial charge in [-0.2, -0.15) is 0 Å². The molecule has 154 valence electrons. The van der Waals surface area contributed by atoms with Gasteiger partial charge in [0.25, 0.3) is 0 Å². The number of fused-ring (bicyclic) bond motifs is 1. The highest BCUT2D eigenvalue weighted by atomic mass is 16.8. The Morgan fingerprint density at radius 2 is 1.86 bits per heavy atom. The van der Waals surface area contributed by atoms with Gasteiger partial charge in [-0.25, -0.2) is 0 Å². The molecule has 3 atom stereocenters. The predicted molar refractivity (Wildman–Crippen MR) is 101 cm³/mol. The van der Waals surface area contributed by atoms with E-state index in [9.17, 15) is 14.7 Å². The van der Waals surface area contributed by atoms with E-state index in [1.165, 1.54) is 0 Å². The Morgan fingerprint density at radius 3 is 2.61 bits per heavy atom. The van der Waals surface area contributed by atoms with Gasteiger partial charge in [-0.1, -0.05) is 30.3 Å². The number of benzene rings is 1. The molecule has 7 heteroatoms. The number of nitrogens with zero attached hydrogens (tertiary/aromatic N) is 1. The first-order valence-corrected chi connectivity index (χ1v) is 9.85. The maximum atomic E-state index is 12.5. The minimum Gasteiger partial charge on any atom is -0.461 e. The van der Waals surface area contributed by atoms with Crippen LogP contribution in [0.4, 0.5) is 0 Å². The van der Waals surface area contributed by atoms with Crippen LogP contribution in [0.2, 0.25) is 0 Å². The van der Waals surface area contributed by atoms with Crippen molar-refractivity contribution >= 4 is 11.9 Å². The van der Waals surface area contributed by atoms with Crippen LogP contribution in [-0.4, -0.2) is 59.1 Å². The van der Waals surface area contributed by atoms with Crippen molar-refractivity contribution in [1.82, 2.24) is 4.90 Å². The van der Waals surface area contributed by atoms with Gasteiger partial charge in [0, 0.05) is 25.9 Å². The van der Waals surface area contributed by atoms with Crippen molar-refractivity contribution in [3.05, 3.63) is 35.9 Å². The highest BCUT2D eigenvalue weighted by Crippen LogP contribution is 2.33. The van der Waals surface area contributed by atoms with Crippen LogP contribution in [0.25, 0.3) is 0 Å². The minimum absolute atomic E-state index is 0.0385. The number of carbonyl (C=O) groups excluding carboxylic acids is 2. The maximum absolute atomic E-state index is 12.5. The lowest BCUT2D eigenvalue weighted by Crippen LogP contribution is -2.55. The van der Waals surface area contributed by atoms with E-state index in [0.717, 1.165) is 5.56 Å². The van der Waals surface area contributed by atoms with E-state index in [0.29, 0.717) is 32.2 Å². The fourth-order valence-electron chi connectivity index (χ4n) is 3.67. The lowest BCUT2D eigenvalue weighted by Gasteiger charge is -2.36. The van der Waals surface area contributed by atoms with Crippen molar-refractivity contribution in [2.45, 2.75) is 70.2 Å². The number of aliphatic hydroxyl groups is 1. The third kappa shape index (κ3) is 5.53. The van der Waals surface area contributed by atoms with E-state index in [4.69, 9.17) is 14.2 Å². The number of esters is 1. The number of piperidine rings is 1. The van der Waals surface area contributed by atoms with Gasteiger partial charge >= 0.3 is 5.97 Å². The fourth-order valence-corrected chi connectivity index (χ4v) is 3.67. The third-order valence-electron chi connectivity index (χ3n) is 5.03. The van der Waals surface area contributed by atoms with E-state index < -0.39 is 18.0 Å². The molecule has 1 N–H and O–H groups in total. The first-order chi connectivity index (χ1) is 13.3. The van der Waals surface area contributed by atoms with Crippen molar-refractivity contribution in [2.24, 2.45) is 0 Å². The Balaban J connectivity index is 1.34. The Kier molecular flexibility index (Phi) is 6.69. The molecule has 28 heavy (non-hydrogen) atoms. The molecule has 0 unspecified atom stereocenters. The van der Waals surface area contributed by atoms with Gasteiger partial charge in [0.1, 0.15) is 24.9 Å². The number of rotatable bonds is 7.